The summed E-state index contributed by atoms with van der Waals surface area (Å²) in [6.07, 6.45) is 3.89. The number of pyridine rings is 1. The number of aryl methyl sites for hydroxylation is 1. The average molecular weight is 545 g/mol. The molecule has 1 aromatic heterocycles. The smallest absolute Gasteiger partial charge is 0.251 e. The van der Waals surface area contributed by atoms with E-state index in [-0.39, 0.29) is 22.8 Å². The molecule has 8 heteroatoms. The van der Waals surface area contributed by atoms with Crippen LogP contribution in [0.1, 0.15) is 37.1 Å². The van der Waals surface area contributed by atoms with Gasteiger partial charge in [-0.15, -0.1) is 0 Å². The van der Waals surface area contributed by atoms with Gasteiger partial charge >= 0.3 is 0 Å². The van der Waals surface area contributed by atoms with Crippen molar-refractivity contribution in [2.45, 2.75) is 27.2 Å². The molecule has 3 rings (SSSR count). The molecule has 0 aliphatic rings. The van der Waals surface area contributed by atoms with Crippen LogP contribution in [0.15, 0.2) is 59.2 Å². The molecule has 0 bridgehead atoms. The lowest BCUT2D eigenvalue weighted by molar-refractivity contribution is -0.112. The van der Waals surface area contributed by atoms with Crippen molar-refractivity contribution in [3.8, 4) is 16.9 Å². The zero-order valence-corrected chi connectivity index (χ0v) is 21.3. The Labute approximate surface area is 210 Å². The molecule has 0 radical (unpaired) electrons. The van der Waals surface area contributed by atoms with Crippen molar-refractivity contribution in [2.24, 2.45) is 0 Å². The number of allylic oxidation sites excluding steroid dienone is 1. The number of rotatable bonds is 7. The normalized spacial score (nSPS) is 12.0. The first-order valence-corrected chi connectivity index (χ1v) is 11.7. The van der Waals surface area contributed by atoms with Gasteiger partial charge < -0.3 is 10.1 Å². The lowest BCUT2D eigenvalue weighted by atomic mass is 9.92. The molecule has 1 N–H and O–H groups in total. The number of carbonyl (C=O) groups is 1. The molecule has 0 unspecified atom stereocenters. The highest BCUT2D eigenvalue weighted by Gasteiger charge is 2.20. The molecule has 0 aliphatic carbocycles. The summed E-state index contributed by atoms with van der Waals surface area (Å²) in [5.74, 6) is -2.52. The third kappa shape index (κ3) is 5.82. The topological polar surface area (TPSA) is 51.2 Å². The summed E-state index contributed by atoms with van der Waals surface area (Å²) in [4.78, 5) is 18.1. The standard InChI is InChI=1S/C27H24BrF3N2O2/c1-5-6-20(23-10-18(29)11-25(31)26(23)35-4)21-9-17(14-32-16(21)3)22-12-19(7-8-24(22)30)33-27(34)15(2)13-28/h6-14H,5H2,1-4H3,(H,33,34)/b15-13+,20-6+. The Hall–Kier alpha value is -3.39. The maximum Gasteiger partial charge on any atom is 0.251 e. The van der Waals surface area contributed by atoms with Crippen LogP contribution in [0.2, 0.25) is 0 Å². The number of halogens is 4. The minimum atomic E-state index is -0.825. The second-order valence-electron chi connectivity index (χ2n) is 7.79. The van der Waals surface area contributed by atoms with Crippen molar-refractivity contribution in [1.29, 1.82) is 0 Å². The minimum Gasteiger partial charge on any atom is -0.493 e. The number of nitrogens with zero attached hydrogens (tertiary/aromatic N) is 1. The Balaban J connectivity index is 2.15. The van der Waals surface area contributed by atoms with Gasteiger partial charge in [-0.25, -0.2) is 13.2 Å². The number of anilines is 1. The maximum atomic E-state index is 14.9. The Kier molecular flexibility index (Phi) is 8.51. The largest absolute Gasteiger partial charge is 0.493 e. The van der Waals surface area contributed by atoms with Crippen LogP contribution in [0, 0.1) is 24.4 Å². The molecule has 0 saturated carbocycles. The number of nitrogens with one attached hydrogen (secondary N) is 1. The van der Waals surface area contributed by atoms with Crippen molar-refractivity contribution < 1.29 is 22.7 Å². The molecule has 3 aromatic rings. The third-order valence-electron chi connectivity index (χ3n) is 5.35. The fourth-order valence-electron chi connectivity index (χ4n) is 3.59. The number of hydrogen-bond donors (Lipinski definition) is 1. The van der Waals surface area contributed by atoms with Crippen molar-refractivity contribution in [1.82, 2.24) is 4.98 Å². The van der Waals surface area contributed by atoms with Crippen LogP contribution in [-0.2, 0) is 4.79 Å². The van der Waals surface area contributed by atoms with Crippen molar-refractivity contribution in [3.63, 3.8) is 0 Å². The fourth-order valence-corrected chi connectivity index (χ4v) is 3.80. The summed E-state index contributed by atoms with van der Waals surface area (Å²) in [7, 11) is 1.31. The van der Waals surface area contributed by atoms with Crippen LogP contribution < -0.4 is 10.1 Å². The second-order valence-corrected chi connectivity index (χ2v) is 8.25. The highest BCUT2D eigenvalue weighted by molar-refractivity contribution is 9.11. The van der Waals surface area contributed by atoms with Crippen molar-refractivity contribution >= 4 is 33.1 Å². The van der Waals surface area contributed by atoms with E-state index < -0.39 is 17.5 Å². The first-order chi connectivity index (χ1) is 16.7. The highest BCUT2D eigenvalue weighted by atomic mass is 79.9. The van der Waals surface area contributed by atoms with Gasteiger partial charge in [-0.2, -0.15) is 0 Å². The molecule has 2 aromatic carbocycles. The number of ether oxygens (including phenoxy) is 1. The van der Waals surface area contributed by atoms with Gasteiger partial charge in [0.25, 0.3) is 5.91 Å². The number of aromatic nitrogens is 1. The molecule has 182 valence electrons. The van der Waals surface area contributed by atoms with E-state index in [9.17, 15) is 18.0 Å². The zero-order chi connectivity index (χ0) is 25.7. The van der Waals surface area contributed by atoms with Gasteiger partial charge in [0.1, 0.15) is 11.6 Å². The van der Waals surface area contributed by atoms with Crippen LogP contribution in [0.4, 0.5) is 18.9 Å². The molecular weight excluding hydrogens is 521 g/mol. The molecule has 0 atom stereocenters. The monoisotopic (exact) mass is 544 g/mol. The summed E-state index contributed by atoms with van der Waals surface area (Å²) in [5, 5.41) is 2.72. The molecule has 0 saturated heterocycles. The predicted molar refractivity (Wildman–Crippen MR) is 136 cm³/mol. The quantitative estimate of drug-likeness (QED) is 0.312. The van der Waals surface area contributed by atoms with E-state index in [1.165, 1.54) is 42.6 Å². The lowest BCUT2D eigenvalue weighted by Gasteiger charge is -2.17. The van der Waals surface area contributed by atoms with E-state index in [0.29, 0.717) is 40.1 Å². The van der Waals surface area contributed by atoms with Gasteiger partial charge in [0, 0.05) is 51.5 Å². The number of benzene rings is 2. The first kappa shape index (κ1) is 26.2. The van der Waals surface area contributed by atoms with Crippen LogP contribution in [0.3, 0.4) is 0 Å². The summed E-state index contributed by atoms with van der Waals surface area (Å²) in [6, 6.07) is 7.90. The first-order valence-electron chi connectivity index (χ1n) is 10.8. The van der Waals surface area contributed by atoms with E-state index in [1.807, 2.05) is 13.0 Å². The number of amides is 1. The molecule has 1 amide bonds. The molecular formula is C27H24BrF3N2O2. The Morgan fingerprint density at radius 1 is 1.11 bits per heavy atom. The van der Waals surface area contributed by atoms with E-state index in [2.05, 4.69) is 26.2 Å². The van der Waals surface area contributed by atoms with Gasteiger partial charge in [-0.05, 0) is 61.2 Å². The molecule has 0 spiro atoms. The van der Waals surface area contributed by atoms with Crippen LogP contribution in [0.5, 0.6) is 5.75 Å². The lowest BCUT2D eigenvalue weighted by Crippen LogP contribution is -2.12. The third-order valence-corrected chi connectivity index (χ3v) is 6.03. The van der Waals surface area contributed by atoms with Crippen LogP contribution >= 0.6 is 15.9 Å². The fraction of sp³-hybridized carbons (Fsp3) is 0.185. The molecule has 1 heterocycles. The van der Waals surface area contributed by atoms with E-state index >= 15 is 0 Å². The van der Waals surface area contributed by atoms with E-state index in [0.717, 1.165) is 6.07 Å². The van der Waals surface area contributed by atoms with Crippen LogP contribution in [0.25, 0.3) is 16.7 Å². The molecule has 35 heavy (non-hydrogen) atoms. The molecule has 4 nitrogen and oxygen atoms in total. The Bertz CT molecular complexity index is 1340. The maximum absolute atomic E-state index is 14.9. The summed E-state index contributed by atoms with van der Waals surface area (Å²) in [5.41, 5.74) is 3.39. The van der Waals surface area contributed by atoms with Gasteiger partial charge in [0.2, 0.25) is 0 Å². The van der Waals surface area contributed by atoms with E-state index in [1.54, 1.807) is 19.9 Å². The van der Waals surface area contributed by atoms with E-state index in [4.69, 9.17) is 4.74 Å². The second kappa shape index (κ2) is 11.4. The van der Waals surface area contributed by atoms with Crippen molar-refractivity contribution in [2.75, 3.05) is 12.4 Å². The average Bonchev–Trinajstić information content (AvgIpc) is 2.83. The van der Waals surface area contributed by atoms with Gasteiger partial charge in [0.05, 0.1) is 7.11 Å². The Morgan fingerprint density at radius 2 is 1.86 bits per heavy atom. The van der Waals surface area contributed by atoms with Gasteiger partial charge in [-0.3, -0.25) is 9.78 Å². The van der Waals surface area contributed by atoms with Crippen molar-refractivity contribution in [3.05, 3.63) is 93.5 Å². The summed E-state index contributed by atoms with van der Waals surface area (Å²) >= 11 is 3.12. The molecule has 0 aliphatic heterocycles. The van der Waals surface area contributed by atoms with Gasteiger partial charge in [-0.1, -0.05) is 28.9 Å². The van der Waals surface area contributed by atoms with Crippen LogP contribution in [-0.4, -0.2) is 18.0 Å². The summed E-state index contributed by atoms with van der Waals surface area (Å²) in [6.45, 7) is 5.28. The number of methoxy groups -OCH3 is 1. The molecule has 0 fully saturated rings. The predicted octanol–water partition coefficient (Wildman–Crippen LogP) is 7.56. The van der Waals surface area contributed by atoms with Gasteiger partial charge in [0.15, 0.2) is 11.6 Å². The minimum absolute atomic E-state index is 0.0954. The number of hydrogen-bond acceptors (Lipinski definition) is 3. The summed E-state index contributed by atoms with van der Waals surface area (Å²) < 4.78 is 48.7. The zero-order valence-electron chi connectivity index (χ0n) is 19.7. The SMILES string of the molecule is CC/C=C(\c1cc(-c2cc(NC(=O)/C(C)=C/Br)ccc2F)cnc1C)c1cc(F)cc(F)c1OC. The highest BCUT2D eigenvalue weighted by Crippen LogP contribution is 2.37. The Morgan fingerprint density at radius 3 is 2.51 bits per heavy atom. The number of carbonyl (C=O) groups excluding carboxylic acids is 1.